The van der Waals surface area contributed by atoms with Gasteiger partial charge in [-0.05, 0) is 34.9 Å². The fourth-order valence-electron chi connectivity index (χ4n) is 1.55. The molecule has 0 saturated carbocycles. The van der Waals surface area contributed by atoms with Crippen molar-refractivity contribution in [3.63, 3.8) is 0 Å². The summed E-state index contributed by atoms with van der Waals surface area (Å²) in [5, 5.41) is 6.88. The van der Waals surface area contributed by atoms with Gasteiger partial charge in [0.2, 0.25) is 11.5 Å². The van der Waals surface area contributed by atoms with Crippen LogP contribution in [0.5, 0.6) is 0 Å². The van der Waals surface area contributed by atoms with Crippen LogP contribution >= 0.6 is 0 Å². The third-order valence-corrected chi connectivity index (χ3v) is 2.81. The minimum atomic E-state index is -0.335. The van der Waals surface area contributed by atoms with E-state index in [0.717, 1.165) is 5.56 Å². The molecule has 0 aliphatic heterocycles. The molecule has 0 aliphatic rings. The molecule has 1 unspecified atom stereocenters. The molecule has 0 fully saturated rings. The van der Waals surface area contributed by atoms with Crippen molar-refractivity contribution in [1.29, 1.82) is 0 Å². The predicted molar refractivity (Wildman–Crippen MR) is 63.5 cm³/mol. The minimum Gasteiger partial charge on any atom is -0.379 e. The lowest BCUT2D eigenvalue weighted by Crippen LogP contribution is -2.30. The number of pyridine rings is 1. The molecule has 1 amide bonds. The van der Waals surface area contributed by atoms with Gasteiger partial charge >= 0.3 is 0 Å². The highest BCUT2D eigenvalue weighted by atomic mass is 16.6. The topological polar surface area (TPSA) is 98.1 Å². The summed E-state index contributed by atoms with van der Waals surface area (Å²) in [6.07, 6.45) is 3.35. The second-order valence-electron chi connectivity index (χ2n) is 3.87. The molecule has 2 rings (SSSR count). The van der Waals surface area contributed by atoms with Crippen molar-refractivity contribution in [3.8, 4) is 0 Å². The zero-order valence-corrected chi connectivity index (χ0v) is 10.1. The van der Waals surface area contributed by atoms with Crippen molar-refractivity contribution in [2.24, 2.45) is 0 Å². The number of carbonyl (C=O) groups is 1. The number of anilines is 1. The van der Waals surface area contributed by atoms with Gasteiger partial charge in [0.25, 0.3) is 5.91 Å². The first-order valence-corrected chi connectivity index (χ1v) is 5.36. The lowest BCUT2D eigenvalue weighted by atomic mass is 10.1. The van der Waals surface area contributed by atoms with E-state index in [1.165, 1.54) is 4.90 Å². The van der Waals surface area contributed by atoms with Gasteiger partial charge in [0.15, 0.2) is 0 Å². The summed E-state index contributed by atoms with van der Waals surface area (Å²) in [4.78, 5) is 17.6. The van der Waals surface area contributed by atoms with Crippen molar-refractivity contribution >= 4 is 11.7 Å². The molecule has 2 N–H and O–H groups in total. The van der Waals surface area contributed by atoms with E-state index >= 15 is 0 Å². The fourth-order valence-corrected chi connectivity index (χ4v) is 1.55. The van der Waals surface area contributed by atoms with Crippen LogP contribution < -0.4 is 5.73 Å². The van der Waals surface area contributed by atoms with Gasteiger partial charge in [-0.25, -0.2) is 4.63 Å². The predicted octanol–water partition coefficient (Wildman–Crippen LogP) is 0.880. The number of nitrogens with two attached hydrogens (primary N) is 1. The number of nitrogen functional groups attached to an aromatic ring is 1. The fraction of sp³-hybridized carbons (Fsp3) is 0.273. The first kappa shape index (κ1) is 12.0. The first-order chi connectivity index (χ1) is 8.61. The minimum absolute atomic E-state index is 0.00576. The van der Waals surface area contributed by atoms with E-state index in [-0.39, 0.29) is 23.5 Å². The Morgan fingerprint density at radius 1 is 1.39 bits per heavy atom. The van der Waals surface area contributed by atoms with Crippen molar-refractivity contribution < 1.29 is 9.42 Å². The molecule has 2 heterocycles. The summed E-state index contributed by atoms with van der Waals surface area (Å²) < 4.78 is 4.42. The second kappa shape index (κ2) is 4.82. The third-order valence-electron chi connectivity index (χ3n) is 2.81. The molecule has 7 heteroatoms. The molecule has 1 atom stereocenters. The molecule has 2 aromatic rings. The molecule has 18 heavy (non-hydrogen) atoms. The highest BCUT2D eigenvalue weighted by molar-refractivity contribution is 5.96. The normalized spacial score (nSPS) is 12.1. The Morgan fingerprint density at radius 2 is 2.06 bits per heavy atom. The van der Waals surface area contributed by atoms with E-state index < -0.39 is 0 Å². The Balaban J connectivity index is 2.20. The number of amides is 1. The van der Waals surface area contributed by atoms with E-state index in [2.05, 4.69) is 19.9 Å². The number of rotatable bonds is 3. The maximum absolute atomic E-state index is 12.1. The lowest BCUT2D eigenvalue weighted by Gasteiger charge is -2.24. The van der Waals surface area contributed by atoms with Crippen LogP contribution in [0, 0.1) is 0 Å². The SMILES string of the molecule is CC(c1ccncc1)N(C)C(=O)c1nonc1N. The maximum atomic E-state index is 12.1. The summed E-state index contributed by atoms with van der Waals surface area (Å²) in [6, 6.07) is 3.56. The average molecular weight is 247 g/mol. The smallest absolute Gasteiger partial charge is 0.280 e. The Hall–Kier alpha value is -2.44. The lowest BCUT2D eigenvalue weighted by molar-refractivity contribution is 0.0732. The molecule has 2 aromatic heterocycles. The highest BCUT2D eigenvalue weighted by Gasteiger charge is 2.24. The molecule has 7 nitrogen and oxygen atoms in total. The summed E-state index contributed by atoms with van der Waals surface area (Å²) in [5.74, 6) is -0.341. The summed E-state index contributed by atoms with van der Waals surface area (Å²) >= 11 is 0. The Morgan fingerprint density at radius 3 is 2.61 bits per heavy atom. The van der Waals surface area contributed by atoms with Gasteiger partial charge in [-0.15, -0.1) is 0 Å². The molecular weight excluding hydrogens is 234 g/mol. The summed E-state index contributed by atoms with van der Waals surface area (Å²) in [6.45, 7) is 1.90. The van der Waals surface area contributed by atoms with Gasteiger partial charge in [0.1, 0.15) is 0 Å². The number of nitrogens with zero attached hydrogens (tertiary/aromatic N) is 4. The van der Waals surface area contributed by atoms with E-state index in [0.29, 0.717) is 0 Å². The Bertz CT molecular complexity index is 539. The van der Waals surface area contributed by atoms with Crippen LogP contribution in [0.15, 0.2) is 29.2 Å². The van der Waals surface area contributed by atoms with E-state index in [4.69, 9.17) is 5.73 Å². The molecule has 0 aromatic carbocycles. The Labute approximate surface area is 104 Å². The molecule has 0 bridgehead atoms. The monoisotopic (exact) mass is 247 g/mol. The third kappa shape index (κ3) is 2.15. The number of hydrogen-bond donors (Lipinski definition) is 1. The van der Waals surface area contributed by atoms with Gasteiger partial charge < -0.3 is 10.6 Å². The van der Waals surface area contributed by atoms with Gasteiger partial charge in [-0.3, -0.25) is 9.78 Å². The highest BCUT2D eigenvalue weighted by Crippen LogP contribution is 2.20. The van der Waals surface area contributed by atoms with Crippen molar-refractivity contribution in [2.45, 2.75) is 13.0 Å². The van der Waals surface area contributed by atoms with Crippen LogP contribution in [0.2, 0.25) is 0 Å². The van der Waals surface area contributed by atoms with Gasteiger partial charge in [-0.1, -0.05) is 0 Å². The maximum Gasteiger partial charge on any atom is 0.280 e. The molecule has 0 aliphatic carbocycles. The van der Waals surface area contributed by atoms with Crippen molar-refractivity contribution in [3.05, 3.63) is 35.8 Å². The van der Waals surface area contributed by atoms with Crippen LogP contribution in [-0.4, -0.2) is 33.2 Å². The number of carbonyl (C=O) groups excluding carboxylic acids is 1. The van der Waals surface area contributed by atoms with Crippen LogP contribution in [0.3, 0.4) is 0 Å². The van der Waals surface area contributed by atoms with Gasteiger partial charge in [0, 0.05) is 19.4 Å². The zero-order chi connectivity index (χ0) is 13.1. The van der Waals surface area contributed by atoms with Gasteiger partial charge in [-0.2, -0.15) is 0 Å². The van der Waals surface area contributed by atoms with Gasteiger partial charge in [0.05, 0.1) is 6.04 Å². The van der Waals surface area contributed by atoms with Crippen molar-refractivity contribution in [1.82, 2.24) is 20.2 Å². The zero-order valence-electron chi connectivity index (χ0n) is 10.1. The van der Waals surface area contributed by atoms with Crippen molar-refractivity contribution in [2.75, 3.05) is 12.8 Å². The van der Waals surface area contributed by atoms with Crippen LogP contribution in [0.4, 0.5) is 5.82 Å². The molecule has 94 valence electrons. The quantitative estimate of drug-likeness (QED) is 0.864. The number of hydrogen-bond acceptors (Lipinski definition) is 6. The van der Waals surface area contributed by atoms with Crippen LogP contribution in [0.25, 0.3) is 0 Å². The van der Waals surface area contributed by atoms with Crippen LogP contribution in [-0.2, 0) is 0 Å². The number of aromatic nitrogens is 3. The molecule has 0 radical (unpaired) electrons. The van der Waals surface area contributed by atoms with E-state index in [1.807, 2.05) is 19.1 Å². The second-order valence-corrected chi connectivity index (χ2v) is 3.87. The summed E-state index contributed by atoms with van der Waals surface area (Å²) in [5.41, 5.74) is 6.49. The average Bonchev–Trinajstić information content (AvgIpc) is 2.83. The largest absolute Gasteiger partial charge is 0.379 e. The van der Waals surface area contributed by atoms with E-state index in [1.54, 1.807) is 19.4 Å². The molecule has 0 saturated heterocycles. The summed E-state index contributed by atoms with van der Waals surface area (Å²) in [7, 11) is 1.67. The first-order valence-electron chi connectivity index (χ1n) is 5.36. The Kier molecular flexibility index (Phi) is 3.22. The van der Waals surface area contributed by atoms with Crippen LogP contribution in [0.1, 0.15) is 29.0 Å². The van der Waals surface area contributed by atoms with E-state index in [9.17, 15) is 4.79 Å². The molecular formula is C11H13N5O2. The standard InChI is InChI=1S/C11H13N5O2/c1-7(8-3-5-13-6-4-8)16(2)11(17)9-10(12)15-18-14-9/h3-7H,1-2H3,(H2,12,15). The molecule has 0 spiro atoms.